The van der Waals surface area contributed by atoms with Crippen LogP contribution in [0.15, 0.2) is 22.7 Å². The first-order chi connectivity index (χ1) is 8.97. The van der Waals surface area contributed by atoms with Gasteiger partial charge in [-0.3, -0.25) is 0 Å². The number of aryl methyl sites for hydroxylation is 1. The van der Waals surface area contributed by atoms with Gasteiger partial charge in [0.1, 0.15) is 0 Å². The molecule has 7 heteroatoms. The Morgan fingerprint density at radius 3 is 2.63 bits per heavy atom. The van der Waals surface area contributed by atoms with E-state index in [0.29, 0.717) is 5.69 Å². The fourth-order valence-electron chi connectivity index (χ4n) is 1.48. The van der Waals surface area contributed by atoms with Gasteiger partial charge in [0.25, 0.3) is 0 Å². The van der Waals surface area contributed by atoms with Gasteiger partial charge in [-0.25, -0.2) is 9.59 Å². The summed E-state index contributed by atoms with van der Waals surface area (Å²) in [4.78, 5) is 22.3. The first-order valence-electron chi connectivity index (χ1n) is 5.67. The topological polar surface area (TPSA) is 98.7 Å². The molecule has 0 aliphatic rings. The number of carboxylic acid groups (broad SMARTS) is 1. The van der Waals surface area contributed by atoms with Gasteiger partial charge in [0.05, 0.1) is 6.61 Å². The van der Waals surface area contributed by atoms with Crippen molar-refractivity contribution < 1.29 is 19.8 Å². The van der Waals surface area contributed by atoms with E-state index in [1.165, 1.54) is 0 Å². The maximum Gasteiger partial charge on any atom is 0.328 e. The molecule has 1 aromatic carbocycles. The summed E-state index contributed by atoms with van der Waals surface area (Å²) in [5.41, 5.74) is 1.52. The van der Waals surface area contributed by atoms with E-state index in [4.69, 9.17) is 10.2 Å². The van der Waals surface area contributed by atoms with Crippen LogP contribution in [0.25, 0.3) is 0 Å². The van der Waals surface area contributed by atoms with Crippen molar-refractivity contribution in [1.29, 1.82) is 0 Å². The van der Waals surface area contributed by atoms with E-state index in [1.807, 2.05) is 13.0 Å². The van der Waals surface area contributed by atoms with Gasteiger partial charge in [-0.2, -0.15) is 0 Å². The molecule has 4 N–H and O–H groups in total. The maximum atomic E-state index is 11.6. The van der Waals surface area contributed by atoms with Crippen molar-refractivity contribution in [3.8, 4) is 0 Å². The van der Waals surface area contributed by atoms with Crippen molar-refractivity contribution in [1.82, 2.24) is 5.32 Å². The molecule has 0 aliphatic heterocycles. The predicted molar refractivity (Wildman–Crippen MR) is 74.2 cm³/mol. The molecule has 0 aliphatic carbocycles. The van der Waals surface area contributed by atoms with Gasteiger partial charge in [0, 0.05) is 10.2 Å². The Balaban J connectivity index is 2.74. The van der Waals surface area contributed by atoms with Crippen LogP contribution in [0.2, 0.25) is 0 Å². The number of carbonyl (C=O) groups excluding carboxylic acids is 1. The van der Waals surface area contributed by atoms with Crippen LogP contribution in [0, 0.1) is 0 Å². The molecule has 0 spiro atoms. The van der Waals surface area contributed by atoms with E-state index in [1.54, 1.807) is 12.1 Å². The third kappa shape index (κ3) is 4.53. The highest BCUT2D eigenvalue weighted by Gasteiger charge is 2.18. The van der Waals surface area contributed by atoms with Gasteiger partial charge in [0.2, 0.25) is 0 Å². The summed E-state index contributed by atoms with van der Waals surface area (Å²) in [6.45, 7) is 1.28. The summed E-state index contributed by atoms with van der Waals surface area (Å²) in [6.07, 6.45) is 0.720. The molecule has 0 fully saturated rings. The van der Waals surface area contributed by atoms with Gasteiger partial charge in [-0.05, 0) is 30.2 Å². The number of benzene rings is 1. The molecule has 0 unspecified atom stereocenters. The fourth-order valence-corrected chi connectivity index (χ4v) is 1.89. The predicted octanol–water partition coefficient (Wildman–Crippen LogP) is 1.58. The van der Waals surface area contributed by atoms with E-state index in [-0.39, 0.29) is 0 Å². The molecule has 19 heavy (non-hydrogen) atoms. The molecular weight excluding hydrogens is 316 g/mol. The number of aliphatic hydroxyl groups excluding tert-OH is 1. The lowest BCUT2D eigenvalue weighted by Gasteiger charge is -2.14. The number of carboxylic acids is 1. The second-order valence-corrected chi connectivity index (χ2v) is 4.74. The zero-order valence-corrected chi connectivity index (χ0v) is 11.9. The fraction of sp³-hybridized carbons (Fsp3) is 0.333. The highest BCUT2D eigenvalue weighted by atomic mass is 79.9. The average Bonchev–Trinajstić information content (AvgIpc) is 2.37. The number of hydrogen-bond donors (Lipinski definition) is 4. The second-order valence-electron chi connectivity index (χ2n) is 3.83. The first-order valence-corrected chi connectivity index (χ1v) is 6.46. The lowest BCUT2D eigenvalue weighted by molar-refractivity contribution is -0.140. The van der Waals surface area contributed by atoms with E-state index < -0.39 is 24.6 Å². The van der Waals surface area contributed by atoms with Crippen molar-refractivity contribution >= 4 is 33.6 Å². The van der Waals surface area contributed by atoms with Crippen molar-refractivity contribution in [2.75, 3.05) is 11.9 Å². The number of nitrogens with one attached hydrogen (secondary N) is 2. The number of halogens is 1. The largest absolute Gasteiger partial charge is 0.480 e. The van der Waals surface area contributed by atoms with Crippen LogP contribution in [0.4, 0.5) is 10.5 Å². The normalized spacial score (nSPS) is 11.7. The molecule has 6 nitrogen and oxygen atoms in total. The average molecular weight is 331 g/mol. The molecule has 1 aromatic rings. The van der Waals surface area contributed by atoms with Crippen LogP contribution in [0.5, 0.6) is 0 Å². The molecule has 0 aromatic heterocycles. The summed E-state index contributed by atoms with van der Waals surface area (Å²) < 4.78 is 0.897. The van der Waals surface area contributed by atoms with Crippen LogP contribution >= 0.6 is 15.9 Å². The third-order valence-corrected chi connectivity index (χ3v) is 2.98. The smallest absolute Gasteiger partial charge is 0.328 e. The first kappa shape index (κ1) is 15.5. The summed E-state index contributed by atoms with van der Waals surface area (Å²) in [5.74, 6) is -1.29. The van der Waals surface area contributed by atoms with E-state index in [9.17, 15) is 9.59 Å². The Morgan fingerprint density at radius 1 is 1.42 bits per heavy atom. The number of urea groups is 1. The number of rotatable bonds is 5. The van der Waals surface area contributed by atoms with Crippen molar-refractivity contribution in [2.24, 2.45) is 0 Å². The number of hydrogen-bond acceptors (Lipinski definition) is 3. The highest BCUT2D eigenvalue weighted by Crippen LogP contribution is 2.21. The monoisotopic (exact) mass is 330 g/mol. The Labute approximate surface area is 118 Å². The molecule has 0 radical (unpaired) electrons. The number of aliphatic carboxylic acids is 1. The minimum absolute atomic E-state index is 0.602. The van der Waals surface area contributed by atoms with Crippen LogP contribution < -0.4 is 10.6 Å². The molecule has 1 atom stereocenters. The van der Waals surface area contributed by atoms with Gasteiger partial charge in [-0.15, -0.1) is 0 Å². The second kappa shape index (κ2) is 7.10. The zero-order valence-electron chi connectivity index (χ0n) is 10.3. The summed E-state index contributed by atoms with van der Waals surface area (Å²) >= 11 is 3.33. The minimum atomic E-state index is -1.32. The van der Waals surface area contributed by atoms with Gasteiger partial charge < -0.3 is 20.8 Å². The summed E-state index contributed by atoms with van der Waals surface area (Å²) in [7, 11) is 0. The summed E-state index contributed by atoms with van der Waals surface area (Å²) in [5, 5.41) is 22.3. The van der Waals surface area contributed by atoms with Crippen molar-refractivity contribution in [2.45, 2.75) is 19.4 Å². The Bertz CT molecular complexity index is 479. The quantitative estimate of drug-likeness (QED) is 0.658. The van der Waals surface area contributed by atoms with Crippen LogP contribution in [0.3, 0.4) is 0 Å². The molecule has 0 bridgehead atoms. The number of carbonyl (C=O) groups is 2. The maximum absolute atomic E-state index is 11.6. The lowest BCUT2D eigenvalue weighted by atomic mass is 10.1. The third-order valence-electron chi connectivity index (χ3n) is 2.48. The van der Waals surface area contributed by atoms with Crippen molar-refractivity contribution in [3.63, 3.8) is 0 Å². The molecule has 0 saturated heterocycles. The number of aliphatic hydroxyl groups is 1. The minimum Gasteiger partial charge on any atom is -0.480 e. The van der Waals surface area contributed by atoms with E-state index in [0.717, 1.165) is 16.5 Å². The van der Waals surface area contributed by atoms with Crippen molar-refractivity contribution in [3.05, 3.63) is 28.2 Å². The lowest BCUT2D eigenvalue weighted by Crippen LogP contribution is -2.45. The molecule has 1 rings (SSSR count). The van der Waals surface area contributed by atoms with E-state index in [2.05, 4.69) is 26.6 Å². The Hall–Kier alpha value is -1.60. The van der Waals surface area contributed by atoms with Crippen LogP contribution in [-0.4, -0.2) is 34.9 Å². The van der Waals surface area contributed by atoms with Gasteiger partial charge in [0.15, 0.2) is 6.04 Å². The van der Waals surface area contributed by atoms with E-state index >= 15 is 0 Å². The Morgan fingerprint density at radius 2 is 2.11 bits per heavy atom. The standard InChI is InChI=1S/C12H15BrN2O4/c1-2-7-5-8(13)3-4-9(7)14-12(19)15-10(6-16)11(17)18/h3-5,10,16H,2,6H2,1H3,(H,17,18)(H2,14,15,19)/t10-/m0/s1. The molecular formula is C12H15BrN2O4. The Kier molecular flexibility index (Phi) is 5.78. The highest BCUT2D eigenvalue weighted by molar-refractivity contribution is 9.10. The number of amides is 2. The number of anilines is 1. The molecule has 104 valence electrons. The van der Waals surface area contributed by atoms with Crippen LogP contribution in [-0.2, 0) is 11.2 Å². The molecule has 2 amide bonds. The van der Waals surface area contributed by atoms with Crippen LogP contribution in [0.1, 0.15) is 12.5 Å². The SMILES string of the molecule is CCc1cc(Br)ccc1NC(=O)N[C@@H](CO)C(=O)O. The summed E-state index contributed by atoms with van der Waals surface area (Å²) in [6, 6.07) is 3.38. The van der Waals surface area contributed by atoms with Gasteiger partial charge >= 0.3 is 12.0 Å². The molecule has 0 saturated carbocycles. The zero-order chi connectivity index (χ0) is 14.4. The molecule has 0 heterocycles. The van der Waals surface area contributed by atoms with Gasteiger partial charge in [-0.1, -0.05) is 22.9 Å².